The number of fused-ring (bicyclic) bond motifs is 1. The molecule has 6 nitrogen and oxygen atoms in total. The Bertz CT molecular complexity index is 849. The quantitative estimate of drug-likeness (QED) is 0.771. The van der Waals surface area contributed by atoms with Gasteiger partial charge in [0.25, 0.3) is 5.91 Å². The number of rotatable bonds is 4. The molecule has 0 spiro atoms. The van der Waals surface area contributed by atoms with E-state index in [0.29, 0.717) is 12.8 Å². The van der Waals surface area contributed by atoms with Crippen LogP contribution in [0.25, 0.3) is 0 Å². The van der Waals surface area contributed by atoms with Crippen molar-refractivity contribution in [1.29, 1.82) is 0 Å². The van der Waals surface area contributed by atoms with Gasteiger partial charge in [-0.25, -0.2) is 0 Å². The zero-order chi connectivity index (χ0) is 19.6. The fourth-order valence-electron chi connectivity index (χ4n) is 4.59. The van der Waals surface area contributed by atoms with Gasteiger partial charge in [-0.3, -0.25) is 14.6 Å². The Labute approximate surface area is 175 Å². The number of ether oxygens (including phenoxy) is 2. The van der Waals surface area contributed by atoms with Crippen molar-refractivity contribution in [2.45, 2.75) is 25.4 Å². The van der Waals surface area contributed by atoms with Crippen LogP contribution in [0.3, 0.4) is 0 Å². The van der Waals surface area contributed by atoms with Crippen LogP contribution in [0.15, 0.2) is 35.0 Å². The molecular weight excluding hydrogens is 386 g/mol. The number of likely N-dealkylation sites (tertiary alicyclic amines) is 1. The molecule has 2 fully saturated rings. The molecule has 4 heterocycles. The zero-order valence-corrected chi connectivity index (χ0v) is 17.4. The molecule has 3 aliphatic heterocycles. The highest BCUT2D eigenvalue weighted by Gasteiger charge is 2.30. The molecule has 29 heavy (non-hydrogen) atoms. The van der Waals surface area contributed by atoms with Crippen LogP contribution < -0.4 is 9.47 Å². The molecule has 1 atom stereocenters. The highest BCUT2D eigenvalue weighted by molar-refractivity contribution is 7.08. The summed E-state index contributed by atoms with van der Waals surface area (Å²) in [5, 5.41) is 3.94. The van der Waals surface area contributed by atoms with Gasteiger partial charge < -0.3 is 14.4 Å². The number of carbonyl (C=O) groups is 1. The molecule has 0 unspecified atom stereocenters. The van der Waals surface area contributed by atoms with Gasteiger partial charge in [0.05, 0.1) is 5.56 Å². The lowest BCUT2D eigenvalue weighted by atomic mass is 10.0. The molecule has 0 saturated carbocycles. The van der Waals surface area contributed by atoms with Crippen LogP contribution in [0.1, 0.15) is 28.8 Å². The first-order chi connectivity index (χ1) is 14.3. The van der Waals surface area contributed by atoms with Crippen LogP contribution in [0.5, 0.6) is 11.5 Å². The van der Waals surface area contributed by atoms with Crippen molar-refractivity contribution in [1.82, 2.24) is 14.7 Å². The van der Waals surface area contributed by atoms with E-state index in [1.165, 1.54) is 12.0 Å². The first kappa shape index (κ1) is 18.9. The summed E-state index contributed by atoms with van der Waals surface area (Å²) < 4.78 is 10.9. The topological polar surface area (TPSA) is 45.3 Å². The summed E-state index contributed by atoms with van der Waals surface area (Å²) >= 11 is 1.59. The van der Waals surface area contributed by atoms with E-state index in [2.05, 4.69) is 26.8 Å². The predicted octanol–water partition coefficient (Wildman–Crippen LogP) is 2.90. The molecule has 0 bridgehead atoms. The molecule has 154 valence electrons. The monoisotopic (exact) mass is 413 g/mol. The van der Waals surface area contributed by atoms with Crippen LogP contribution in [0.2, 0.25) is 0 Å². The van der Waals surface area contributed by atoms with Gasteiger partial charge in [-0.1, -0.05) is 6.07 Å². The lowest BCUT2D eigenvalue weighted by Gasteiger charge is -2.43. The van der Waals surface area contributed by atoms with E-state index in [1.54, 1.807) is 11.3 Å². The minimum atomic E-state index is 0.192. The normalized spacial score (nSPS) is 22.8. The van der Waals surface area contributed by atoms with E-state index in [0.717, 1.165) is 69.3 Å². The summed E-state index contributed by atoms with van der Waals surface area (Å²) in [4.78, 5) is 19.9. The minimum absolute atomic E-state index is 0.192. The summed E-state index contributed by atoms with van der Waals surface area (Å²) in [5.41, 5.74) is 2.11. The van der Waals surface area contributed by atoms with Gasteiger partial charge in [-0.05, 0) is 42.0 Å². The smallest absolute Gasteiger partial charge is 0.254 e. The molecule has 3 aliphatic rings. The van der Waals surface area contributed by atoms with Crippen molar-refractivity contribution in [2.24, 2.45) is 0 Å². The summed E-state index contributed by atoms with van der Waals surface area (Å²) in [6.45, 7) is 7.26. The Kier molecular flexibility index (Phi) is 5.44. The fraction of sp³-hybridized carbons (Fsp3) is 0.500. The number of thiophene rings is 1. The number of nitrogens with zero attached hydrogens (tertiary/aromatic N) is 3. The second-order valence-electron chi connectivity index (χ2n) is 8.06. The van der Waals surface area contributed by atoms with E-state index in [9.17, 15) is 4.79 Å². The summed E-state index contributed by atoms with van der Waals surface area (Å²) in [6.07, 6.45) is 2.29. The first-order valence-corrected chi connectivity index (χ1v) is 11.4. The second-order valence-corrected chi connectivity index (χ2v) is 8.84. The fourth-order valence-corrected chi connectivity index (χ4v) is 5.22. The summed E-state index contributed by atoms with van der Waals surface area (Å²) in [6, 6.07) is 8.67. The van der Waals surface area contributed by atoms with Gasteiger partial charge in [-0.2, -0.15) is 11.3 Å². The third-order valence-corrected chi connectivity index (χ3v) is 6.90. The SMILES string of the molecule is O=C(c1ccsc1)N1CCC[C@H](N2CCN(Cc3ccc4c(c3)OCO4)CC2)C1. The summed E-state index contributed by atoms with van der Waals surface area (Å²) in [7, 11) is 0. The average molecular weight is 414 g/mol. The van der Waals surface area contributed by atoms with E-state index in [1.807, 2.05) is 22.9 Å². The van der Waals surface area contributed by atoms with E-state index in [4.69, 9.17) is 9.47 Å². The number of amides is 1. The number of piperazine rings is 1. The molecule has 0 aliphatic carbocycles. The van der Waals surface area contributed by atoms with Gasteiger partial charge in [-0.15, -0.1) is 0 Å². The van der Waals surface area contributed by atoms with Crippen molar-refractivity contribution >= 4 is 17.2 Å². The van der Waals surface area contributed by atoms with E-state index < -0.39 is 0 Å². The molecule has 1 aromatic heterocycles. The lowest BCUT2D eigenvalue weighted by Crippen LogP contribution is -2.55. The van der Waals surface area contributed by atoms with Crippen LogP contribution in [0, 0.1) is 0 Å². The predicted molar refractivity (Wildman–Crippen MR) is 113 cm³/mol. The van der Waals surface area contributed by atoms with Crippen molar-refractivity contribution in [3.8, 4) is 11.5 Å². The molecule has 1 aromatic carbocycles. The van der Waals surface area contributed by atoms with Crippen LogP contribution in [0.4, 0.5) is 0 Å². The number of hydrogen-bond acceptors (Lipinski definition) is 6. The molecule has 2 saturated heterocycles. The number of benzene rings is 1. The zero-order valence-electron chi connectivity index (χ0n) is 16.6. The molecular formula is C22H27N3O3S. The van der Waals surface area contributed by atoms with Crippen LogP contribution >= 0.6 is 11.3 Å². The number of piperidine rings is 1. The Hall–Kier alpha value is -2.09. The Morgan fingerprint density at radius 1 is 1.07 bits per heavy atom. The first-order valence-electron chi connectivity index (χ1n) is 10.4. The van der Waals surface area contributed by atoms with Gasteiger partial charge >= 0.3 is 0 Å². The minimum Gasteiger partial charge on any atom is -0.454 e. The van der Waals surface area contributed by atoms with Crippen LogP contribution in [-0.2, 0) is 6.54 Å². The maximum absolute atomic E-state index is 12.7. The lowest BCUT2D eigenvalue weighted by molar-refractivity contribution is 0.0408. The Morgan fingerprint density at radius 3 is 2.76 bits per heavy atom. The largest absolute Gasteiger partial charge is 0.454 e. The van der Waals surface area contributed by atoms with Gasteiger partial charge in [0.1, 0.15) is 0 Å². The third-order valence-electron chi connectivity index (χ3n) is 6.22. The standard InChI is InChI=1S/C22H27N3O3S/c26-22(18-5-11-29-15-18)25-6-1-2-19(14-25)24-9-7-23(8-10-24)13-17-3-4-20-21(12-17)28-16-27-20/h3-5,11-12,15,19H,1-2,6-10,13-14,16H2/t19-/m0/s1. The van der Waals surface area contributed by atoms with Crippen LogP contribution in [-0.4, -0.2) is 72.7 Å². The number of hydrogen-bond donors (Lipinski definition) is 0. The Balaban J connectivity index is 1.14. The maximum Gasteiger partial charge on any atom is 0.254 e. The van der Waals surface area contributed by atoms with Crippen molar-refractivity contribution in [3.05, 3.63) is 46.2 Å². The average Bonchev–Trinajstić information content (AvgIpc) is 3.46. The van der Waals surface area contributed by atoms with Crippen molar-refractivity contribution in [3.63, 3.8) is 0 Å². The van der Waals surface area contributed by atoms with E-state index in [-0.39, 0.29) is 5.91 Å². The molecule has 0 N–H and O–H groups in total. The van der Waals surface area contributed by atoms with Crippen molar-refractivity contribution < 1.29 is 14.3 Å². The van der Waals surface area contributed by atoms with E-state index >= 15 is 0 Å². The maximum atomic E-state index is 12.7. The highest BCUT2D eigenvalue weighted by Crippen LogP contribution is 2.33. The van der Waals surface area contributed by atoms with Crippen molar-refractivity contribution in [2.75, 3.05) is 46.1 Å². The summed E-state index contributed by atoms with van der Waals surface area (Å²) in [5.74, 6) is 1.90. The number of carbonyl (C=O) groups excluding carboxylic acids is 1. The van der Waals surface area contributed by atoms with Gasteiger partial charge in [0.15, 0.2) is 11.5 Å². The highest BCUT2D eigenvalue weighted by atomic mass is 32.1. The molecule has 1 amide bonds. The Morgan fingerprint density at radius 2 is 1.93 bits per heavy atom. The van der Waals surface area contributed by atoms with Gasteiger partial charge in [0, 0.05) is 57.2 Å². The third kappa shape index (κ3) is 4.13. The molecule has 5 rings (SSSR count). The molecule has 2 aromatic rings. The second kappa shape index (κ2) is 8.34. The molecule has 7 heteroatoms. The molecule has 0 radical (unpaired) electrons. The van der Waals surface area contributed by atoms with Gasteiger partial charge in [0.2, 0.25) is 6.79 Å².